The number of fused-ring (bicyclic) bond motifs is 1. The van der Waals surface area contributed by atoms with E-state index in [0.29, 0.717) is 26.3 Å². The molecule has 0 aliphatic carbocycles. The summed E-state index contributed by atoms with van der Waals surface area (Å²) in [7, 11) is 0. The van der Waals surface area contributed by atoms with Crippen molar-refractivity contribution in [1.82, 2.24) is 4.90 Å². The summed E-state index contributed by atoms with van der Waals surface area (Å²) in [5, 5.41) is 3.44. The normalized spacial score (nSPS) is 17.0. The maximum Gasteiger partial charge on any atom is 0.267 e. The summed E-state index contributed by atoms with van der Waals surface area (Å²) < 4.78 is 0.351. The molecule has 0 saturated carbocycles. The van der Waals surface area contributed by atoms with Crippen molar-refractivity contribution >= 4 is 74.6 Å². The molecule has 0 unspecified atom stereocenters. The van der Waals surface area contributed by atoms with Gasteiger partial charge in [0.25, 0.3) is 11.8 Å². The van der Waals surface area contributed by atoms with E-state index in [1.54, 1.807) is 30.3 Å². The molecule has 186 valence electrons. The average Bonchev–Trinajstić information content (AvgIpc) is 3.30. The number of nitrogens with zero attached hydrogens (tertiary/aromatic N) is 2. The van der Waals surface area contributed by atoms with Gasteiger partial charge in [-0.1, -0.05) is 84.1 Å². The zero-order valence-corrected chi connectivity index (χ0v) is 22.5. The minimum atomic E-state index is -0.407. The average molecular weight is 548 g/mol. The van der Waals surface area contributed by atoms with Gasteiger partial charge in [0.05, 0.1) is 22.7 Å². The monoisotopic (exact) mass is 547 g/mol. The van der Waals surface area contributed by atoms with Crippen LogP contribution in [0.1, 0.15) is 22.3 Å². The highest BCUT2D eigenvalue weighted by molar-refractivity contribution is 8.26. The van der Waals surface area contributed by atoms with E-state index in [-0.39, 0.29) is 35.4 Å². The summed E-state index contributed by atoms with van der Waals surface area (Å²) in [4.78, 5) is 43.3. The van der Waals surface area contributed by atoms with Crippen LogP contribution in [0.25, 0.3) is 5.57 Å². The van der Waals surface area contributed by atoms with Crippen LogP contribution >= 0.6 is 35.6 Å². The Morgan fingerprint density at radius 2 is 1.70 bits per heavy atom. The van der Waals surface area contributed by atoms with E-state index in [1.807, 2.05) is 50.2 Å². The van der Waals surface area contributed by atoms with Gasteiger partial charge in [-0.2, -0.15) is 0 Å². The number of para-hydroxylation sites is 1. The SMILES string of the molecule is Cc1ccc(C)c(NC(=O)CN2C(=O)C(=C3SC(=S)N(Cc4ccccc4Cl)C3=O)c3ccccc32)c1. The van der Waals surface area contributed by atoms with Gasteiger partial charge in [-0.3, -0.25) is 24.2 Å². The number of anilines is 2. The Morgan fingerprint density at radius 1 is 0.973 bits per heavy atom. The molecule has 3 aromatic carbocycles. The number of amides is 3. The molecular weight excluding hydrogens is 526 g/mol. The Morgan fingerprint density at radius 3 is 2.49 bits per heavy atom. The third-order valence-electron chi connectivity index (χ3n) is 6.25. The van der Waals surface area contributed by atoms with E-state index < -0.39 is 5.91 Å². The summed E-state index contributed by atoms with van der Waals surface area (Å²) in [6.45, 7) is 3.88. The summed E-state index contributed by atoms with van der Waals surface area (Å²) in [6, 6.07) is 20.2. The van der Waals surface area contributed by atoms with Crippen LogP contribution in [0.4, 0.5) is 11.4 Å². The number of nitrogens with one attached hydrogen (secondary N) is 1. The van der Waals surface area contributed by atoms with Gasteiger partial charge in [-0.25, -0.2) is 0 Å². The smallest absolute Gasteiger partial charge is 0.267 e. The maximum atomic E-state index is 13.7. The molecule has 37 heavy (non-hydrogen) atoms. The lowest BCUT2D eigenvalue weighted by atomic mass is 10.1. The summed E-state index contributed by atoms with van der Waals surface area (Å²) in [6.07, 6.45) is 0. The van der Waals surface area contributed by atoms with Crippen molar-refractivity contribution < 1.29 is 14.4 Å². The zero-order chi connectivity index (χ0) is 26.3. The predicted molar refractivity (Wildman–Crippen MR) is 152 cm³/mol. The molecule has 0 atom stereocenters. The Bertz CT molecular complexity index is 1520. The molecule has 0 aromatic heterocycles. The van der Waals surface area contributed by atoms with Crippen LogP contribution in [0, 0.1) is 13.8 Å². The first-order valence-electron chi connectivity index (χ1n) is 11.5. The van der Waals surface area contributed by atoms with Gasteiger partial charge in [0, 0.05) is 16.3 Å². The number of rotatable bonds is 5. The molecule has 2 aliphatic heterocycles. The standard InChI is InChI=1S/C28H22ClN3O3S2/c1-16-11-12-17(2)21(13-16)30-23(33)15-31-22-10-6-4-8-19(22)24(26(31)34)25-27(35)32(28(36)37-25)14-18-7-3-5-9-20(18)29/h3-13H,14-15H2,1-2H3,(H,30,33). The molecular formula is C28H22ClN3O3S2. The summed E-state index contributed by atoms with van der Waals surface area (Å²) >= 11 is 12.9. The Hall–Kier alpha value is -3.46. The minimum absolute atomic E-state index is 0.188. The molecule has 1 saturated heterocycles. The van der Waals surface area contributed by atoms with Gasteiger partial charge in [-0.05, 0) is 48.7 Å². The fraction of sp³-hybridized carbons (Fsp3) is 0.143. The lowest BCUT2D eigenvalue weighted by Crippen LogP contribution is -2.35. The van der Waals surface area contributed by atoms with E-state index in [1.165, 1.54) is 9.80 Å². The number of hydrogen-bond donors (Lipinski definition) is 1. The molecule has 5 rings (SSSR count). The largest absolute Gasteiger partial charge is 0.324 e. The highest BCUT2D eigenvalue weighted by Gasteiger charge is 2.42. The minimum Gasteiger partial charge on any atom is -0.324 e. The van der Waals surface area contributed by atoms with Crippen molar-refractivity contribution in [3.8, 4) is 0 Å². The fourth-order valence-electron chi connectivity index (χ4n) is 4.34. The molecule has 3 aromatic rings. The number of halogens is 1. The second-order valence-corrected chi connectivity index (χ2v) is 10.9. The second kappa shape index (κ2) is 10.1. The Labute approximate surface area is 229 Å². The molecule has 0 bridgehead atoms. The number of aryl methyl sites for hydroxylation is 2. The van der Waals surface area contributed by atoms with E-state index in [4.69, 9.17) is 23.8 Å². The van der Waals surface area contributed by atoms with E-state index >= 15 is 0 Å². The fourth-order valence-corrected chi connectivity index (χ4v) is 5.87. The van der Waals surface area contributed by atoms with E-state index in [9.17, 15) is 14.4 Å². The van der Waals surface area contributed by atoms with Crippen molar-refractivity contribution in [2.24, 2.45) is 0 Å². The van der Waals surface area contributed by atoms with Crippen LogP contribution in [-0.2, 0) is 20.9 Å². The van der Waals surface area contributed by atoms with Gasteiger partial charge >= 0.3 is 0 Å². The summed E-state index contributed by atoms with van der Waals surface area (Å²) in [5.41, 5.74) is 4.84. The molecule has 1 fully saturated rings. The van der Waals surface area contributed by atoms with Crippen LogP contribution < -0.4 is 10.2 Å². The molecule has 0 spiro atoms. The quantitative estimate of drug-likeness (QED) is 0.327. The van der Waals surface area contributed by atoms with Crippen LogP contribution in [0.15, 0.2) is 71.6 Å². The number of carbonyl (C=O) groups is 3. The van der Waals surface area contributed by atoms with Gasteiger partial charge in [0.2, 0.25) is 5.91 Å². The molecule has 2 aliphatic rings. The highest BCUT2D eigenvalue weighted by Crippen LogP contribution is 2.45. The number of thiocarbonyl (C=S) groups is 1. The van der Waals surface area contributed by atoms with E-state index in [0.717, 1.165) is 28.5 Å². The van der Waals surface area contributed by atoms with Gasteiger partial charge < -0.3 is 5.32 Å². The zero-order valence-electron chi connectivity index (χ0n) is 20.1. The molecule has 6 nitrogen and oxygen atoms in total. The predicted octanol–water partition coefficient (Wildman–Crippen LogP) is 5.71. The Balaban J connectivity index is 1.44. The second-order valence-electron chi connectivity index (χ2n) is 8.83. The van der Waals surface area contributed by atoms with E-state index in [2.05, 4.69) is 5.32 Å². The van der Waals surface area contributed by atoms with Crippen molar-refractivity contribution in [2.75, 3.05) is 16.8 Å². The molecule has 1 N–H and O–H groups in total. The third kappa shape index (κ3) is 4.80. The van der Waals surface area contributed by atoms with Crippen molar-refractivity contribution in [2.45, 2.75) is 20.4 Å². The van der Waals surface area contributed by atoms with Gasteiger partial charge in [0.15, 0.2) is 0 Å². The van der Waals surface area contributed by atoms with Crippen LogP contribution in [0.3, 0.4) is 0 Å². The molecule has 2 heterocycles. The Kier molecular flexibility index (Phi) is 6.90. The van der Waals surface area contributed by atoms with Gasteiger partial charge in [0.1, 0.15) is 10.9 Å². The number of benzene rings is 3. The van der Waals surface area contributed by atoms with Crippen LogP contribution in [0.5, 0.6) is 0 Å². The first-order valence-corrected chi connectivity index (χ1v) is 13.1. The molecule has 9 heteroatoms. The number of carbonyl (C=O) groups excluding carboxylic acids is 3. The molecule has 3 amide bonds. The summed E-state index contributed by atoms with van der Waals surface area (Å²) in [5.74, 6) is -1.09. The maximum absolute atomic E-state index is 13.7. The third-order valence-corrected chi connectivity index (χ3v) is 8.07. The lowest BCUT2D eigenvalue weighted by molar-refractivity contribution is -0.122. The first-order chi connectivity index (χ1) is 17.7. The topological polar surface area (TPSA) is 69.7 Å². The number of thioether (sulfide) groups is 1. The van der Waals surface area contributed by atoms with Crippen molar-refractivity contribution in [1.29, 1.82) is 0 Å². The van der Waals surface area contributed by atoms with Crippen molar-refractivity contribution in [3.05, 3.63) is 98.9 Å². The molecule has 0 radical (unpaired) electrons. The van der Waals surface area contributed by atoms with Gasteiger partial charge in [-0.15, -0.1) is 0 Å². The lowest BCUT2D eigenvalue weighted by Gasteiger charge is -2.17. The van der Waals surface area contributed by atoms with Crippen LogP contribution in [0.2, 0.25) is 5.02 Å². The number of hydrogen-bond acceptors (Lipinski definition) is 5. The highest BCUT2D eigenvalue weighted by atomic mass is 35.5. The van der Waals surface area contributed by atoms with Crippen LogP contribution in [-0.4, -0.2) is 33.5 Å². The van der Waals surface area contributed by atoms with Crippen molar-refractivity contribution in [3.63, 3.8) is 0 Å². The first kappa shape index (κ1) is 25.2.